The Bertz CT molecular complexity index is 553. The van der Waals surface area contributed by atoms with Crippen LogP contribution in [-0.2, 0) is 9.53 Å². The highest BCUT2D eigenvalue weighted by Gasteiger charge is 2.12. The number of rotatable bonds is 3. The van der Waals surface area contributed by atoms with Crippen LogP contribution in [-0.4, -0.2) is 28.5 Å². The van der Waals surface area contributed by atoms with Crippen LogP contribution in [0.25, 0.3) is 5.65 Å². The number of carbonyl (C=O) groups excluding carboxylic acids is 1. The predicted molar refractivity (Wildman–Crippen MR) is 65.3 cm³/mol. The van der Waals surface area contributed by atoms with Crippen LogP contribution in [0.15, 0.2) is 24.5 Å². The summed E-state index contributed by atoms with van der Waals surface area (Å²) in [4.78, 5) is 15.7. The number of hydrogen-bond donors (Lipinski definition) is 1. The van der Waals surface area contributed by atoms with E-state index < -0.39 is 6.10 Å². The average Bonchev–Trinajstić information content (AvgIpc) is 2.70. The van der Waals surface area contributed by atoms with Gasteiger partial charge in [0.25, 0.3) is 5.91 Å². The van der Waals surface area contributed by atoms with Crippen LogP contribution < -0.4 is 5.32 Å². The summed E-state index contributed by atoms with van der Waals surface area (Å²) in [5.74, 6) is -0.205. The van der Waals surface area contributed by atoms with Crippen molar-refractivity contribution in [2.24, 2.45) is 0 Å². The number of ether oxygens (including phenoxy) is 1. The van der Waals surface area contributed by atoms with E-state index in [0.717, 1.165) is 5.65 Å². The highest BCUT2D eigenvalue weighted by Crippen LogP contribution is 2.16. The van der Waals surface area contributed by atoms with E-state index in [1.54, 1.807) is 35.9 Å². The summed E-state index contributed by atoms with van der Waals surface area (Å²) in [6.07, 6.45) is 2.77. The fourth-order valence-electron chi connectivity index (χ4n) is 1.38. The van der Waals surface area contributed by atoms with E-state index in [1.165, 1.54) is 7.11 Å². The molecular formula is C11H12ClN3O2. The zero-order chi connectivity index (χ0) is 12.4. The summed E-state index contributed by atoms with van der Waals surface area (Å²) in [7, 11) is 1.49. The van der Waals surface area contributed by atoms with Crippen LogP contribution in [0.4, 0.5) is 5.69 Å². The van der Waals surface area contributed by atoms with Crippen LogP contribution >= 0.6 is 11.6 Å². The maximum absolute atomic E-state index is 11.6. The molecule has 2 rings (SSSR count). The Hall–Kier alpha value is -1.59. The normalized spacial score (nSPS) is 12.6. The summed E-state index contributed by atoms with van der Waals surface area (Å²) in [5.41, 5.74) is 1.37. The smallest absolute Gasteiger partial charge is 0.253 e. The Labute approximate surface area is 103 Å². The van der Waals surface area contributed by atoms with Gasteiger partial charge < -0.3 is 10.1 Å². The number of carbonyl (C=O) groups is 1. The monoisotopic (exact) mass is 253 g/mol. The minimum Gasteiger partial charge on any atom is -0.372 e. The quantitative estimate of drug-likeness (QED) is 0.910. The van der Waals surface area contributed by atoms with Crippen molar-refractivity contribution in [3.63, 3.8) is 0 Å². The highest BCUT2D eigenvalue weighted by atomic mass is 35.5. The van der Waals surface area contributed by atoms with Gasteiger partial charge >= 0.3 is 0 Å². The van der Waals surface area contributed by atoms with Gasteiger partial charge in [0, 0.05) is 13.3 Å². The molecule has 2 aromatic heterocycles. The van der Waals surface area contributed by atoms with Gasteiger partial charge in [-0.1, -0.05) is 11.6 Å². The molecular weight excluding hydrogens is 242 g/mol. The van der Waals surface area contributed by atoms with Gasteiger partial charge in [-0.05, 0) is 19.1 Å². The lowest BCUT2D eigenvalue weighted by Gasteiger charge is -2.10. The Morgan fingerprint density at radius 3 is 3.06 bits per heavy atom. The molecule has 17 heavy (non-hydrogen) atoms. The number of hydrogen-bond acceptors (Lipinski definition) is 3. The lowest BCUT2D eigenvalue weighted by Crippen LogP contribution is -2.26. The molecule has 0 aromatic carbocycles. The fraction of sp³-hybridized carbons (Fsp3) is 0.273. The van der Waals surface area contributed by atoms with Crippen molar-refractivity contribution in [3.05, 3.63) is 29.7 Å². The largest absolute Gasteiger partial charge is 0.372 e. The number of fused-ring (bicyclic) bond motifs is 1. The Morgan fingerprint density at radius 2 is 2.35 bits per heavy atom. The zero-order valence-electron chi connectivity index (χ0n) is 9.48. The molecule has 0 saturated heterocycles. The van der Waals surface area contributed by atoms with E-state index in [9.17, 15) is 4.79 Å². The van der Waals surface area contributed by atoms with Crippen molar-refractivity contribution in [3.8, 4) is 0 Å². The Balaban J connectivity index is 2.24. The SMILES string of the molecule is CO[C@H](C)C(=O)Nc1ccc2ncc(Cl)n2c1. The first-order valence-electron chi connectivity index (χ1n) is 5.08. The number of halogens is 1. The van der Waals surface area contributed by atoms with E-state index in [-0.39, 0.29) is 5.91 Å². The number of nitrogens with one attached hydrogen (secondary N) is 1. The maximum Gasteiger partial charge on any atom is 0.253 e. The molecule has 90 valence electrons. The first-order valence-corrected chi connectivity index (χ1v) is 5.46. The van der Waals surface area contributed by atoms with Gasteiger partial charge in [0.15, 0.2) is 0 Å². The number of amides is 1. The minimum atomic E-state index is -0.496. The van der Waals surface area contributed by atoms with Gasteiger partial charge in [-0.3, -0.25) is 9.20 Å². The Morgan fingerprint density at radius 1 is 1.59 bits per heavy atom. The second kappa shape index (κ2) is 4.73. The summed E-state index contributed by atoms with van der Waals surface area (Å²) in [6, 6.07) is 3.54. The molecule has 1 N–H and O–H groups in total. The van der Waals surface area contributed by atoms with E-state index in [1.807, 2.05) is 0 Å². The average molecular weight is 254 g/mol. The standard InChI is InChI=1S/C11H12ClN3O2/c1-7(17-2)11(16)14-8-3-4-10-13-5-9(12)15(10)6-8/h3-7H,1-2H3,(H,14,16)/t7-/m1/s1. The van der Waals surface area contributed by atoms with Crippen LogP contribution in [0.2, 0.25) is 5.15 Å². The van der Waals surface area contributed by atoms with Crippen molar-refractivity contribution >= 4 is 28.8 Å². The third kappa shape index (κ3) is 2.40. The minimum absolute atomic E-state index is 0.205. The number of nitrogens with zero attached hydrogens (tertiary/aromatic N) is 2. The maximum atomic E-state index is 11.6. The van der Waals surface area contributed by atoms with Gasteiger partial charge in [-0.15, -0.1) is 0 Å². The molecule has 1 amide bonds. The van der Waals surface area contributed by atoms with E-state index in [2.05, 4.69) is 10.3 Å². The Kier molecular flexibility index (Phi) is 3.31. The van der Waals surface area contributed by atoms with Crippen molar-refractivity contribution < 1.29 is 9.53 Å². The van der Waals surface area contributed by atoms with Crippen LogP contribution in [0.1, 0.15) is 6.92 Å². The van der Waals surface area contributed by atoms with Gasteiger partial charge in [-0.2, -0.15) is 0 Å². The van der Waals surface area contributed by atoms with Gasteiger partial charge in [0.1, 0.15) is 16.9 Å². The zero-order valence-corrected chi connectivity index (χ0v) is 10.2. The molecule has 2 heterocycles. The van der Waals surface area contributed by atoms with Crippen molar-refractivity contribution in [2.75, 3.05) is 12.4 Å². The summed E-state index contributed by atoms with van der Waals surface area (Å²) >= 11 is 5.93. The molecule has 0 saturated carbocycles. The molecule has 1 atom stereocenters. The van der Waals surface area contributed by atoms with E-state index in [0.29, 0.717) is 10.8 Å². The van der Waals surface area contributed by atoms with Crippen molar-refractivity contribution in [1.82, 2.24) is 9.38 Å². The second-order valence-corrected chi connectivity index (χ2v) is 3.98. The molecule has 0 unspecified atom stereocenters. The van der Waals surface area contributed by atoms with Gasteiger partial charge in [0.05, 0.1) is 11.9 Å². The van der Waals surface area contributed by atoms with Crippen LogP contribution in [0.3, 0.4) is 0 Å². The lowest BCUT2D eigenvalue weighted by molar-refractivity contribution is -0.124. The number of aromatic nitrogens is 2. The summed E-state index contributed by atoms with van der Waals surface area (Å²) < 4.78 is 6.61. The van der Waals surface area contributed by atoms with E-state index >= 15 is 0 Å². The second-order valence-electron chi connectivity index (χ2n) is 3.59. The molecule has 0 aliphatic rings. The van der Waals surface area contributed by atoms with Crippen molar-refractivity contribution in [1.29, 1.82) is 0 Å². The lowest BCUT2D eigenvalue weighted by atomic mass is 10.3. The first-order chi connectivity index (χ1) is 8.11. The molecule has 6 heteroatoms. The fourth-order valence-corrected chi connectivity index (χ4v) is 1.56. The molecule has 0 aliphatic heterocycles. The molecule has 0 spiro atoms. The number of methoxy groups -OCH3 is 1. The topological polar surface area (TPSA) is 55.6 Å². The number of imidazole rings is 1. The molecule has 0 aliphatic carbocycles. The number of anilines is 1. The molecule has 2 aromatic rings. The summed E-state index contributed by atoms with van der Waals surface area (Å²) in [5, 5.41) is 3.23. The molecule has 5 nitrogen and oxygen atoms in total. The molecule has 0 fully saturated rings. The third-order valence-corrected chi connectivity index (χ3v) is 2.73. The molecule has 0 radical (unpaired) electrons. The predicted octanol–water partition coefficient (Wildman–Crippen LogP) is 1.96. The van der Waals surface area contributed by atoms with Gasteiger partial charge in [0.2, 0.25) is 0 Å². The summed E-state index contributed by atoms with van der Waals surface area (Å²) in [6.45, 7) is 1.68. The highest BCUT2D eigenvalue weighted by molar-refractivity contribution is 6.29. The van der Waals surface area contributed by atoms with Crippen LogP contribution in [0.5, 0.6) is 0 Å². The van der Waals surface area contributed by atoms with Gasteiger partial charge in [-0.25, -0.2) is 4.98 Å². The first kappa shape index (κ1) is 11.9. The van der Waals surface area contributed by atoms with E-state index in [4.69, 9.17) is 16.3 Å². The third-order valence-electron chi connectivity index (χ3n) is 2.45. The van der Waals surface area contributed by atoms with Crippen molar-refractivity contribution in [2.45, 2.75) is 13.0 Å². The van der Waals surface area contributed by atoms with Crippen LogP contribution in [0, 0.1) is 0 Å². The molecule has 0 bridgehead atoms. The number of pyridine rings is 1.